The molecule has 1 atom stereocenters. The molecule has 1 N–H and O–H groups in total. The van der Waals surface area contributed by atoms with Crippen LogP contribution in [-0.2, 0) is 4.79 Å². The number of hydrogen-bond donors (Lipinski definition) is 1. The number of carbonyl (C=O) groups excluding carboxylic acids is 2. The zero-order valence-corrected chi connectivity index (χ0v) is 14.7. The molecule has 6 nitrogen and oxygen atoms in total. The molecule has 0 aliphatic carbocycles. The number of methoxy groups -OCH3 is 1. The van der Waals surface area contributed by atoms with E-state index in [1.165, 1.54) is 0 Å². The highest BCUT2D eigenvalue weighted by Gasteiger charge is 2.30. The van der Waals surface area contributed by atoms with E-state index in [0.29, 0.717) is 26.2 Å². The highest BCUT2D eigenvalue weighted by molar-refractivity contribution is 5.90. The van der Waals surface area contributed by atoms with Crippen LogP contribution < -0.4 is 10.1 Å². The van der Waals surface area contributed by atoms with Crippen molar-refractivity contribution in [2.75, 3.05) is 38.6 Å². The van der Waals surface area contributed by atoms with Crippen LogP contribution in [0.4, 0.5) is 10.5 Å². The lowest BCUT2D eigenvalue weighted by Gasteiger charge is -2.34. The first kappa shape index (κ1) is 18.1. The van der Waals surface area contributed by atoms with Crippen molar-refractivity contribution in [3.63, 3.8) is 0 Å². The number of urea groups is 1. The number of benzene rings is 1. The molecule has 1 fully saturated rings. The lowest BCUT2D eigenvalue weighted by atomic mass is 9.96. The second kappa shape index (κ2) is 8.57. The first-order valence-electron chi connectivity index (χ1n) is 8.57. The zero-order valence-electron chi connectivity index (χ0n) is 14.7. The first-order chi connectivity index (χ1) is 11.6. The van der Waals surface area contributed by atoms with Crippen LogP contribution in [0.5, 0.6) is 5.75 Å². The molecule has 2 rings (SSSR count). The van der Waals surface area contributed by atoms with Gasteiger partial charge in [0, 0.05) is 31.9 Å². The Morgan fingerprint density at radius 3 is 2.50 bits per heavy atom. The van der Waals surface area contributed by atoms with Crippen molar-refractivity contribution in [3.05, 3.63) is 24.3 Å². The molecule has 0 saturated carbocycles. The standard InChI is InChI=1S/C18H27N3O3/c1-4-20(5-2)17(22)14-7-6-12-21(13-14)18(23)19-15-8-10-16(24-3)11-9-15/h8-11,14H,4-7,12-13H2,1-3H3,(H,19,23). The van der Waals surface area contributed by atoms with Gasteiger partial charge in [-0.15, -0.1) is 0 Å². The van der Waals surface area contributed by atoms with Gasteiger partial charge in [0.05, 0.1) is 13.0 Å². The fourth-order valence-corrected chi connectivity index (χ4v) is 3.03. The van der Waals surface area contributed by atoms with E-state index in [2.05, 4.69) is 5.32 Å². The van der Waals surface area contributed by atoms with Crippen molar-refractivity contribution in [2.24, 2.45) is 5.92 Å². The maximum Gasteiger partial charge on any atom is 0.321 e. The summed E-state index contributed by atoms with van der Waals surface area (Å²) < 4.78 is 5.11. The van der Waals surface area contributed by atoms with Gasteiger partial charge >= 0.3 is 6.03 Å². The van der Waals surface area contributed by atoms with Crippen molar-refractivity contribution in [1.82, 2.24) is 9.80 Å². The van der Waals surface area contributed by atoms with E-state index in [1.807, 2.05) is 18.7 Å². The third-order valence-electron chi connectivity index (χ3n) is 4.47. The molecule has 0 spiro atoms. The van der Waals surface area contributed by atoms with E-state index in [0.717, 1.165) is 24.3 Å². The van der Waals surface area contributed by atoms with E-state index >= 15 is 0 Å². The van der Waals surface area contributed by atoms with E-state index in [1.54, 1.807) is 36.3 Å². The van der Waals surface area contributed by atoms with Crippen LogP contribution in [0.1, 0.15) is 26.7 Å². The molecule has 1 aliphatic rings. The number of carbonyl (C=O) groups is 2. The average Bonchev–Trinajstić information content (AvgIpc) is 2.63. The van der Waals surface area contributed by atoms with Crippen molar-refractivity contribution < 1.29 is 14.3 Å². The quantitative estimate of drug-likeness (QED) is 0.901. The number of piperidine rings is 1. The van der Waals surface area contributed by atoms with Gasteiger partial charge in [-0.1, -0.05) is 0 Å². The van der Waals surface area contributed by atoms with Gasteiger partial charge in [0.25, 0.3) is 0 Å². The third-order valence-corrected chi connectivity index (χ3v) is 4.47. The predicted octanol–water partition coefficient (Wildman–Crippen LogP) is 2.81. The summed E-state index contributed by atoms with van der Waals surface area (Å²) in [5.41, 5.74) is 0.720. The van der Waals surface area contributed by atoms with E-state index in [4.69, 9.17) is 4.74 Å². The second-order valence-corrected chi connectivity index (χ2v) is 5.95. The molecule has 1 heterocycles. The van der Waals surface area contributed by atoms with Crippen molar-refractivity contribution in [3.8, 4) is 5.75 Å². The molecule has 6 heteroatoms. The summed E-state index contributed by atoms with van der Waals surface area (Å²) in [6.45, 7) is 6.56. The average molecular weight is 333 g/mol. The summed E-state index contributed by atoms with van der Waals surface area (Å²) in [6.07, 6.45) is 1.70. The molecule has 3 amide bonds. The minimum Gasteiger partial charge on any atom is -0.497 e. The van der Waals surface area contributed by atoms with Gasteiger partial charge in [0.15, 0.2) is 0 Å². The zero-order chi connectivity index (χ0) is 17.5. The third kappa shape index (κ3) is 4.40. The molecule has 1 saturated heterocycles. The summed E-state index contributed by atoms with van der Waals surface area (Å²) in [6, 6.07) is 7.06. The summed E-state index contributed by atoms with van der Waals surface area (Å²) in [7, 11) is 1.61. The Labute approximate surface area is 143 Å². The molecule has 24 heavy (non-hydrogen) atoms. The van der Waals surface area contributed by atoms with Gasteiger partial charge in [-0.2, -0.15) is 0 Å². The van der Waals surface area contributed by atoms with Crippen LogP contribution in [0.3, 0.4) is 0 Å². The SMILES string of the molecule is CCN(CC)C(=O)C1CCCN(C(=O)Nc2ccc(OC)cc2)C1. The largest absolute Gasteiger partial charge is 0.497 e. The smallest absolute Gasteiger partial charge is 0.321 e. The number of likely N-dealkylation sites (tertiary alicyclic amines) is 1. The molecule has 132 valence electrons. The Kier molecular flexibility index (Phi) is 6.46. The Morgan fingerprint density at radius 2 is 1.92 bits per heavy atom. The Morgan fingerprint density at radius 1 is 1.25 bits per heavy atom. The maximum atomic E-state index is 12.5. The maximum absolute atomic E-state index is 12.5. The number of anilines is 1. The van der Waals surface area contributed by atoms with Gasteiger partial charge in [0.2, 0.25) is 5.91 Å². The molecular weight excluding hydrogens is 306 g/mol. The molecule has 0 bridgehead atoms. The summed E-state index contributed by atoms with van der Waals surface area (Å²) in [5, 5.41) is 2.89. The first-order valence-corrected chi connectivity index (χ1v) is 8.57. The molecule has 1 aliphatic heterocycles. The van der Waals surface area contributed by atoms with Crippen LogP contribution in [-0.4, -0.2) is 55.0 Å². The molecule has 0 aromatic heterocycles. The molecule has 1 unspecified atom stereocenters. The highest BCUT2D eigenvalue weighted by atomic mass is 16.5. The normalized spacial score (nSPS) is 17.3. The molecule has 1 aromatic rings. The van der Waals surface area contributed by atoms with E-state index in [9.17, 15) is 9.59 Å². The summed E-state index contributed by atoms with van der Waals surface area (Å²) in [5.74, 6) is 0.804. The Bertz CT molecular complexity index is 555. The topological polar surface area (TPSA) is 61.9 Å². The fraction of sp³-hybridized carbons (Fsp3) is 0.556. The number of nitrogens with one attached hydrogen (secondary N) is 1. The van der Waals surface area contributed by atoms with Crippen molar-refractivity contribution in [2.45, 2.75) is 26.7 Å². The van der Waals surface area contributed by atoms with Gasteiger partial charge in [0.1, 0.15) is 5.75 Å². The van der Waals surface area contributed by atoms with Crippen LogP contribution in [0.15, 0.2) is 24.3 Å². The van der Waals surface area contributed by atoms with Crippen LogP contribution in [0.2, 0.25) is 0 Å². The van der Waals surface area contributed by atoms with Crippen LogP contribution in [0, 0.1) is 5.92 Å². The number of nitrogens with zero attached hydrogens (tertiary/aromatic N) is 2. The van der Waals surface area contributed by atoms with Crippen molar-refractivity contribution in [1.29, 1.82) is 0 Å². The number of hydrogen-bond acceptors (Lipinski definition) is 3. The van der Waals surface area contributed by atoms with E-state index in [-0.39, 0.29) is 17.9 Å². The number of rotatable bonds is 5. The predicted molar refractivity (Wildman–Crippen MR) is 94.2 cm³/mol. The summed E-state index contributed by atoms with van der Waals surface area (Å²) in [4.78, 5) is 28.5. The van der Waals surface area contributed by atoms with Gasteiger partial charge < -0.3 is 19.9 Å². The van der Waals surface area contributed by atoms with Gasteiger partial charge in [-0.3, -0.25) is 4.79 Å². The van der Waals surface area contributed by atoms with E-state index < -0.39 is 0 Å². The number of ether oxygens (including phenoxy) is 1. The van der Waals surface area contributed by atoms with Gasteiger partial charge in [-0.05, 0) is 51.0 Å². The Hall–Kier alpha value is -2.24. The summed E-state index contributed by atoms with van der Waals surface area (Å²) >= 11 is 0. The highest BCUT2D eigenvalue weighted by Crippen LogP contribution is 2.21. The Balaban J connectivity index is 1.95. The lowest BCUT2D eigenvalue weighted by molar-refractivity contribution is -0.136. The van der Waals surface area contributed by atoms with Crippen molar-refractivity contribution >= 4 is 17.6 Å². The molecule has 0 radical (unpaired) electrons. The minimum atomic E-state index is -0.155. The molecule has 1 aromatic carbocycles. The van der Waals surface area contributed by atoms with Crippen LogP contribution in [0.25, 0.3) is 0 Å². The fourth-order valence-electron chi connectivity index (χ4n) is 3.03. The lowest BCUT2D eigenvalue weighted by Crippen LogP contribution is -2.47. The van der Waals surface area contributed by atoms with Crippen LogP contribution >= 0.6 is 0 Å². The number of amides is 3. The molecular formula is C18H27N3O3. The minimum absolute atomic E-state index is 0.0970. The van der Waals surface area contributed by atoms with Gasteiger partial charge in [-0.25, -0.2) is 4.79 Å². The second-order valence-electron chi connectivity index (χ2n) is 5.95. The monoisotopic (exact) mass is 333 g/mol.